The molecule has 0 atom stereocenters. The molecule has 9 heteroatoms. The van der Waals surface area contributed by atoms with Gasteiger partial charge in [-0.15, -0.1) is 0 Å². The molecule has 1 aliphatic rings. The van der Waals surface area contributed by atoms with Crippen LogP contribution in [-0.2, 0) is 4.79 Å². The summed E-state index contributed by atoms with van der Waals surface area (Å²) in [5, 5.41) is 3.49. The summed E-state index contributed by atoms with van der Waals surface area (Å²) in [4.78, 5) is 26.0. The van der Waals surface area contributed by atoms with Gasteiger partial charge in [-0.25, -0.2) is 9.97 Å². The van der Waals surface area contributed by atoms with E-state index in [-0.39, 0.29) is 11.7 Å². The summed E-state index contributed by atoms with van der Waals surface area (Å²) < 4.78 is 10.7. The van der Waals surface area contributed by atoms with Crippen molar-refractivity contribution in [3.8, 4) is 11.5 Å². The molecule has 3 aromatic rings. The molecule has 0 radical (unpaired) electrons. The lowest BCUT2D eigenvalue weighted by atomic mass is 10.2. The van der Waals surface area contributed by atoms with Gasteiger partial charge in [0.05, 0.1) is 19.5 Å². The average Bonchev–Trinajstić information content (AvgIpc) is 2.89. The summed E-state index contributed by atoms with van der Waals surface area (Å²) in [5.41, 5.74) is 1.93. The number of rotatable bonds is 9. The Morgan fingerprint density at radius 3 is 2.32 bits per heavy atom. The highest BCUT2D eigenvalue weighted by Crippen LogP contribution is 2.23. The molecule has 1 aromatic heterocycles. The van der Waals surface area contributed by atoms with Crippen molar-refractivity contribution in [2.24, 2.45) is 0 Å². The lowest BCUT2D eigenvalue weighted by molar-refractivity contribution is -0.113. The van der Waals surface area contributed by atoms with Gasteiger partial charge in [0.15, 0.2) is 5.16 Å². The number of benzene rings is 2. The fourth-order valence-corrected chi connectivity index (χ4v) is 4.32. The SMILES string of the molecule is CCOc1ccc(NC(=O)CSc2nccc(N3CCN(c4ccc(OC)cc4)CC3)n2)cc1. The van der Waals surface area contributed by atoms with Gasteiger partial charge in [0.25, 0.3) is 0 Å². The molecular formula is C25H29N5O3S. The monoisotopic (exact) mass is 479 g/mol. The van der Waals surface area contributed by atoms with Crippen LogP contribution < -0.4 is 24.6 Å². The maximum absolute atomic E-state index is 12.4. The first-order valence-electron chi connectivity index (χ1n) is 11.3. The number of anilines is 3. The minimum absolute atomic E-state index is 0.101. The third kappa shape index (κ3) is 6.32. The molecule has 0 saturated carbocycles. The van der Waals surface area contributed by atoms with E-state index in [4.69, 9.17) is 9.47 Å². The van der Waals surface area contributed by atoms with Gasteiger partial charge in [-0.2, -0.15) is 0 Å². The second kappa shape index (κ2) is 11.6. The first-order valence-corrected chi connectivity index (χ1v) is 12.3. The number of hydrogen-bond acceptors (Lipinski definition) is 8. The minimum Gasteiger partial charge on any atom is -0.497 e. The maximum Gasteiger partial charge on any atom is 0.234 e. The Labute approximate surface area is 204 Å². The Morgan fingerprint density at radius 1 is 0.971 bits per heavy atom. The van der Waals surface area contributed by atoms with Crippen LogP contribution in [0, 0.1) is 0 Å². The van der Waals surface area contributed by atoms with Gasteiger partial charge in [-0.1, -0.05) is 11.8 Å². The van der Waals surface area contributed by atoms with E-state index in [1.165, 1.54) is 17.4 Å². The van der Waals surface area contributed by atoms with Crippen LogP contribution in [0.3, 0.4) is 0 Å². The normalized spacial score (nSPS) is 13.5. The highest BCUT2D eigenvalue weighted by atomic mass is 32.2. The van der Waals surface area contributed by atoms with Crippen LogP contribution in [0.2, 0.25) is 0 Å². The number of carbonyl (C=O) groups is 1. The quantitative estimate of drug-likeness (QED) is 0.365. The zero-order valence-corrected chi connectivity index (χ0v) is 20.3. The number of nitrogens with one attached hydrogen (secondary N) is 1. The fourth-order valence-electron chi connectivity index (χ4n) is 3.69. The smallest absolute Gasteiger partial charge is 0.234 e. The highest BCUT2D eigenvalue weighted by molar-refractivity contribution is 7.99. The van der Waals surface area contributed by atoms with E-state index in [0.29, 0.717) is 11.8 Å². The molecule has 2 heterocycles. The second-order valence-corrected chi connectivity index (χ2v) is 8.61. The van der Waals surface area contributed by atoms with Gasteiger partial charge in [0.1, 0.15) is 17.3 Å². The third-order valence-corrected chi connectivity index (χ3v) is 6.30. The van der Waals surface area contributed by atoms with Crippen molar-refractivity contribution in [1.82, 2.24) is 9.97 Å². The third-order valence-electron chi connectivity index (χ3n) is 5.44. The van der Waals surface area contributed by atoms with Crippen molar-refractivity contribution in [3.05, 3.63) is 60.8 Å². The Balaban J connectivity index is 1.27. The zero-order chi connectivity index (χ0) is 23.8. The molecule has 2 aromatic carbocycles. The van der Waals surface area contributed by atoms with Crippen LogP contribution in [0.25, 0.3) is 0 Å². The summed E-state index contributed by atoms with van der Waals surface area (Å²) in [6.07, 6.45) is 1.75. The van der Waals surface area contributed by atoms with E-state index in [0.717, 1.165) is 49.2 Å². The molecule has 0 aliphatic carbocycles. The molecule has 0 spiro atoms. The van der Waals surface area contributed by atoms with Crippen molar-refractivity contribution >= 4 is 34.9 Å². The van der Waals surface area contributed by atoms with Gasteiger partial charge in [0.2, 0.25) is 5.91 Å². The summed E-state index contributed by atoms with van der Waals surface area (Å²) >= 11 is 1.33. The molecule has 34 heavy (non-hydrogen) atoms. The van der Waals surface area contributed by atoms with E-state index < -0.39 is 0 Å². The van der Waals surface area contributed by atoms with Gasteiger partial charge in [-0.05, 0) is 61.5 Å². The van der Waals surface area contributed by atoms with Crippen molar-refractivity contribution < 1.29 is 14.3 Å². The Hall–Kier alpha value is -3.46. The van der Waals surface area contributed by atoms with Crippen molar-refractivity contribution in [2.45, 2.75) is 12.1 Å². The van der Waals surface area contributed by atoms with Crippen molar-refractivity contribution in [3.63, 3.8) is 0 Å². The molecule has 1 N–H and O–H groups in total. The largest absolute Gasteiger partial charge is 0.497 e. The Morgan fingerprint density at radius 2 is 1.65 bits per heavy atom. The predicted molar refractivity (Wildman–Crippen MR) is 136 cm³/mol. The van der Waals surface area contributed by atoms with Crippen molar-refractivity contribution in [1.29, 1.82) is 0 Å². The zero-order valence-electron chi connectivity index (χ0n) is 19.4. The number of methoxy groups -OCH3 is 1. The van der Waals surface area contributed by atoms with Crippen LogP contribution in [0.15, 0.2) is 66.0 Å². The topological polar surface area (TPSA) is 79.8 Å². The summed E-state index contributed by atoms with van der Waals surface area (Å²) in [6, 6.07) is 17.4. The van der Waals surface area contributed by atoms with Crippen molar-refractivity contribution in [2.75, 3.05) is 60.8 Å². The first-order chi connectivity index (χ1) is 16.6. The maximum atomic E-state index is 12.4. The van der Waals surface area contributed by atoms with E-state index in [1.54, 1.807) is 13.3 Å². The number of aromatic nitrogens is 2. The molecule has 1 saturated heterocycles. The number of carbonyl (C=O) groups excluding carboxylic acids is 1. The number of ether oxygens (including phenoxy) is 2. The average molecular weight is 480 g/mol. The Bertz CT molecular complexity index is 1070. The number of thioether (sulfide) groups is 1. The van der Waals surface area contributed by atoms with Crippen LogP contribution in [0.1, 0.15) is 6.92 Å². The van der Waals surface area contributed by atoms with Crippen LogP contribution in [0.4, 0.5) is 17.2 Å². The van der Waals surface area contributed by atoms with E-state index >= 15 is 0 Å². The molecule has 178 valence electrons. The first kappa shape index (κ1) is 23.7. The summed E-state index contributed by atoms with van der Waals surface area (Å²) in [6.45, 7) is 6.09. The van der Waals surface area contributed by atoms with E-state index in [2.05, 4.69) is 37.2 Å². The number of hydrogen-bond donors (Lipinski definition) is 1. The van der Waals surface area contributed by atoms with Crippen LogP contribution in [-0.4, -0.2) is 61.5 Å². The van der Waals surface area contributed by atoms with Gasteiger partial charge >= 0.3 is 0 Å². The predicted octanol–water partition coefficient (Wildman–Crippen LogP) is 3.94. The molecular weight excluding hydrogens is 450 g/mol. The van der Waals surface area contributed by atoms with Crippen LogP contribution in [0.5, 0.6) is 11.5 Å². The lowest BCUT2D eigenvalue weighted by Crippen LogP contribution is -2.46. The second-order valence-electron chi connectivity index (χ2n) is 7.66. The van der Waals surface area contributed by atoms with Gasteiger partial charge in [0, 0.05) is 43.8 Å². The minimum atomic E-state index is -0.101. The number of amides is 1. The summed E-state index contributed by atoms with van der Waals surface area (Å²) in [5.74, 6) is 2.67. The van der Waals surface area contributed by atoms with Gasteiger partial charge < -0.3 is 24.6 Å². The molecule has 0 unspecified atom stereocenters. The van der Waals surface area contributed by atoms with E-state index in [1.807, 2.05) is 49.4 Å². The summed E-state index contributed by atoms with van der Waals surface area (Å²) in [7, 11) is 1.68. The standard InChI is InChI=1S/C25H29N5O3S/c1-3-33-22-8-4-19(5-9-22)27-24(31)18-34-25-26-13-12-23(28-25)30-16-14-29(15-17-30)20-6-10-21(32-2)11-7-20/h4-13H,3,14-18H2,1-2H3,(H,27,31). The number of piperazine rings is 1. The molecule has 8 nitrogen and oxygen atoms in total. The fraction of sp³-hybridized carbons (Fsp3) is 0.320. The van der Waals surface area contributed by atoms with Gasteiger partial charge in [-0.3, -0.25) is 4.79 Å². The Kier molecular flexibility index (Phi) is 8.08. The highest BCUT2D eigenvalue weighted by Gasteiger charge is 2.19. The lowest BCUT2D eigenvalue weighted by Gasteiger charge is -2.36. The molecule has 1 amide bonds. The molecule has 4 rings (SSSR count). The molecule has 1 fully saturated rings. The number of nitrogens with zero attached hydrogens (tertiary/aromatic N) is 4. The molecule has 1 aliphatic heterocycles. The molecule has 0 bridgehead atoms. The van der Waals surface area contributed by atoms with E-state index in [9.17, 15) is 4.79 Å². The van der Waals surface area contributed by atoms with Crippen LogP contribution >= 0.6 is 11.8 Å².